The van der Waals surface area contributed by atoms with E-state index in [1.165, 1.54) is 0 Å². The highest BCUT2D eigenvalue weighted by atomic mass is 79.9. The van der Waals surface area contributed by atoms with Crippen LogP contribution in [0, 0.1) is 17.3 Å². The number of rotatable bonds is 9. The Kier molecular flexibility index (Phi) is 6.51. The van der Waals surface area contributed by atoms with Crippen LogP contribution in [0.15, 0.2) is 46.9 Å². The van der Waals surface area contributed by atoms with Crippen LogP contribution in [0.2, 0.25) is 0 Å². The van der Waals surface area contributed by atoms with Crippen LogP contribution in [0.25, 0.3) is 33.5 Å². The molecule has 0 spiro atoms. The molecule has 196 valence electrons. The molecule has 2 aliphatic rings. The van der Waals surface area contributed by atoms with E-state index in [0.29, 0.717) is 31.0 Å². The van der Waals surface area contributed by atoms with E-state index in [2.05, 4.69) is 65.1 Å². The standard InChI is InChI=1S/C28H29BrN6O3/c29-23-21-14-16(13-20(17-4-5-17)26(36)30-15-28(27(37)38)11-1-2-12-28)3-10-22(21)31-24(23)18-6-8-19(9-7-18)25-32-34-35-33-25/h3,6-10,14,17,20,31H,1-2,4-5,11-13,15H2,(H,30,36)(H,37,38)(H,32,33,34,35). The van der Waals surface area contributed by atoms with Gasteiger partial charge in [0.15, 0.2) is 0 Å². The monoisotopic (exact) mass is 576 g/mol. The zero-order valence-corrected chi connectivity index (χ0v) is 22.4. The van der Waals surface area contributed by atoms with Gasteiger partial charge in [0.2, 0.25) is 11.7 Å². The molecule has 1 unspecified atom stereocenters. The molecule has 4 N–H and O–H groups in total. The predicted octanol–water partition coefficient (Wildman–Crippen LogP) is 5.11. The van der Waals surface area contributed by atoms with Crippen molar-refractivity contribution in [1.82, 2.24) is 30.9 Å². The summed E-state index contributed by atoms with van der Waals surface area (Å²) in [5.41, 5.74) is 4.18. The second-order valence-electron chi connectivity index (χ2n) is 10.7. The zero-order chi connectivity index (χ0) is 26.3. The second kappa shape index (κ2) is 9.98. The summed E-state index contributed by atoms with van der Waals surface area (Å²) >= 11 is 3.79. The number of aromatic nitrogens is 5. The topological polar surface area (TPSA) is 137 Å². The minimum atomic E-state index is -0.807. The maximum atomic E-state index is 13.2. The van der Waals surface area contributed by atoms with E-state index in [1.54, 1.807) is 0 Å². The maximum Gasteiger partial charge on any atom is 0.311 e. The molecule has 1 amide bonds. The Hall–Kier alpha value is -3.53. The molecular formula is C28H29BrN6O3. The molecule has 2 heterocycles. The van der Waals surface area contributed by atoms with Crippen LogP contribution in [-0.4, -0.2) is 49.1 Å². The third kappa shape index (κ3) is 4.73. The van der Waals surface area contributed by atoms with Crippen LogP contribution >= 0.6 is 15.9 Å². The molecule has 2 saturated carbocycles. The summed E-state index contributed by atoms with van der Waals surface area (Å²) in [5, 5.41) is 28.0. The highest BCUT2D eigenvalue weighted by molar-refractivity contribution is 9.10. The van der Waals surface area contributed by atoms with Gasteiger partial charge in [-0.1, -0.05) is 43.2 Å². The van der Waals surface area contributed by atoms with Crippen molar-refractivity contribution in [3.63, 3.8) is 0 Å². The SMILES string of the molecule is O=C(NCC1(C(=O)O)CCCC1)C(Cc1ccc2[nH]c(-c3ccc(-c4nn[nH]n4)cc3)c(Br)c2c1)C1CC1. The molecule has 2 aromatic heterocycles. The number of fused-ring (bicyclic) bond motifs is 1. The molecule has 9 nitrogen and oxygen atoms in total. The largest absolute Gasteiger partial charge is 0.481 e. The molecule has 1 atom stereocenters. The Balaban J connectivity index is 1.20. The van der Waals surface area contributed by atoms with E-state index in [4.69, 9.17) is 0 Å². The molecule has 10 heteroatoms. The lowest BCUT2D eigenvalue weighted by Gasteiger charge is -2.25. The van der Waals surface area contributed by atoms with Crippen LogP contribution < -0.4 is 5.32 Å². The number of carbonyl (C=O) groups is 2. The van der Waals surface area contributed by atoms with Crippen LogP contribution in [0.1, 0.15) is 44.1 Å². The third-order valence-electron chi connectivity index (χ3n) is 8.18. The Labute approximate surface area is 227 Å². The Morgan fingerprint density at radius 2 is 1.84 bits per heavy atom. The van der Waals surface area contributed by atoms with Crippen LogP contribution in [0.4, 0.5) is 0 Å². The number of tetrazole rings is 1. The summed E-state index contributed by atoms with van der Waals surface area (Å²) in [4.78, 5) is 28.7. The van der Waals surface area contributed by atoms with Crippen LogP contribution in [0.3, 0.4) is 0 Å². The van der Waals surface area contributed by atoms with Gasteiger partial charge in [0, 0.05) is 28.9 Å². The van der Waals surface area contributed by atoms with E-state index in [0.717, 1.165) is 63.4 Å². The lowest BCUT2D eigenvalue weighted by Crippen LogP contribution is -2.44. The first-order chi connectivity index (χ1) is 18.4. The van der Waals surface area contributed by atoms with Crippen molar-refractivity contribution in [2.75, 3.05) is 6.54 Å². The Morgan fingerprint density at radius 1 is 1.11 bits per heavy atom. The predicted molar refractivity (Wildman–Crippen MR) is 146 cm³/mol. The van der Waals surface area contributed by atoms with Gasteiger partial charge in [0.25, 0.3) is 0 Å². The lowest BCUT2D eigenvalue weighted by atomic mass is 9.85. The number of benzene rings is 2. The fraction of sp³-hybridized carbons (Fsp3) is 0.393. The van der Waals surface area contributed by atoms with E-state index in [1.807, 2.05) is 24.3 Å². The second-order valence-corrected chi connectivity index (χ2v) is 11.5. The van der Waals surface area contributed by atoms with E-state index in [-0.39, 0.29) is 18.4 Å². The van der Waals surface area contributed by atoms with E-state index >= 15 is 0 Å². The molecule has 0 radical (unpaired) electrons. The number of aromatic amines is 2. The first-order valence-electron chi connectivity index (χ1n) is 13.1. The molecule has 2 aromatic carbocycles. The zero-order valence-electron chi connectivity index (χ0n) is 20.8. The highest BCUT2D eigenvalue weighted by Gasteiger charge is 2.43. The van der Waals surface area contributed by atoms with Crippen molar-refractivity contribution >= 4 is 38.7 Å². The fourth-order valence-corrected chi connectivity index (χ4v) is 6.39. The maximum absolute atomic E-state index is 13.2. The van der Waals surface area contributed by atoms with Gasteiger partial charge in [-0.25, -0.2) is 0 Å². The minimum Gasteiger partial charge on any atom is -0.481 e. The smallest absolute Gasteiger partial charge is 0.311 e. The van der Waals surface area contributed by atoms with Gasteiger partial charge in [-0.05, 0) is 82.4 Å². The van der Waals surface area contributed by atoms with Crippen molar-refractivity contribution in [3.05, 3.63) is 52.5 Å². The number of carboxylic acid groups (broad SMARTS) is 1. The summed E-state index contributed by atoms with van der Waals surface area (Å²) in [6.45, 7) is 0.224. The first-order valence-corrected chi connectivity index (χ1v) is 13.9. The number of hydrogen-bond donors (Lipinski definition) is 4. The summed E-state index contributed by atoms with van der Waals surface area (Å²) < 4.78 is 0.971. The number of aliphatic carboxylic acids is 1. The van der Waals surface area contributed by atoms with Crippen molar-refractivity contribution in [1.29, 1.82) is 0 Å². The van der Waals surface area contributed by atoms with Gasteiger partial charge >= 0.3 is 5.97 Å². The number of carbonyl (C=O) groups excluding carboxylic acids is 1. The normalized spacial score (nSPS) is 17.5. The number of amides is 1. The van der Waals surface area contributed by atoms with Gasteiger partial charge in [-0.3, -0.25) is 9.59 Å². The average molecular weight is 577 g/mol. The fourth-order valence-electron chi connectivity index (χ4n) is 5.73. The van der Waals surface area contributed by atoms with Crippen molar-refractivity contribution in [3.8, 4) is 22.6 Å². The van der Waals surface area contributed by atoms with Crippen molar-refractivity contribution in [2.24, 2.45) is 17.3 Å². The number of nitrogens with one attached hydrogen (secondary N) is 3. The van der Waals surface area contributed by atoms with Gasteiger partial charge < -0.3 is 15.4 Å². The quantitative estimate of drug-likeness (QED) is 0.218. The number of halogens is 1. The number of carboxylic acids is 1. The Bertz CT molecular complexity index is 1470. The molecule has 0 saturated heterocycles. The van der Waals surface area contributed by atoms with Crippen molar-refractivity contribution in [2.45, 2.75) is 44.9 Å². The molecule has 2 aliphatic carbocycles. The molecule has 2 fully saturated rings. The van der Waals surface area contributed by atoms with Gasteiger partial charge in [-0.2, -0.15) is 5.21 Å². The Morgan fingerprint density at radius 3 is 2.50 bits per heavy atom. The molecular weight excluding hydrogens is 548 g/mol. The molecule has 38 heavy (non-hydrogen) atoms. The van der Waals surface area contributed by atoms with Crippen LogP contribution in [0.5, 0.6) is 0 Å². The molecule has 0 bridgehead atoms. The van der Waals surface area contributed by atoms with Gasteiger partial charge in [0.1, 0.15) is 0 Å². The molecule has 6 rings (SSSR count). The summed E-state index contributed by atoms with van der Waals surface area (Å²) in [5.74, 6) is -0.0444. The van der Waals surface area contributed by atoms with Gasteiger partial charge in [-0.15, -0.1) is 10.2 Å². The van der Waals surface area contributed by atoms with Crippen molar-refractivity contribution < 1.29 is 14.7 Å². The highest BCUT2D eigenvalue weighted by Crippen LogP contribution is 2.41. The summed E-state index contributed by atoms with van der Waals surface area (Å²) in [7, 11) is 0. The number of nitrogens with zero attached hydrogens (tertiary/aromatic N) is 3. The molecule has 4 aromatic rings. The van der Waals surface area contributed by atoms with Crippen LogP contribution in [-0.2, 0) is 16.0 Å². The lowest BCUT2D eigenvalue weighted by molar-refractivity contribution is -0.148. The minimum absolute atomic E-state index is 0.0179. The van der Waals surface area contributed by atoms with Gasteiger partial charge in [0.05, 0.1) is 15.6 Å². The first kappa shape index (κ1) is 24.8. The molecule has 0 aliphatic heterocycles. The number of hydrogen-bond acceptors (Lipinski definition) is 5. The number of H-pyrrole nitrogens is 2. The summed E-state index contributed by atoms with van der Waals surface area (Å²) in [6, 6.07) is 14.2. The third-order valence-corrected chi connectivity index (χ3v) is 9.00. The summed E-state index contributed by atoms with van der Waals surface area (Å²) in [6.07, 6.45) is 5.81. The van der Waals surface area contributed by atoms with E-state index in [9.17, 15) is 14.7 Å². The average Bonchev–Trinajstić information content (AvgIpc) is 3.30. The van der Waals surface area contributed by atoms with E-state index < -0.39 is 11.4 Å².